The standard InChI is InChI=1S/C16H22O4Si/c1-5-6-9-7-11-12(20-21(2,3)4)8-10(9)13-14(11)16(18)19-15(13)17/h5,8-11,13-14H,1,6-7H2,2-4H3/t9-,10-,11-,13-,14+/m1/s1. The molecule has 0 aromatic heterocycles. The summed E-state index contributed by atoms with van der Waals surface area (Å²) < 4.78 is 11.1. The Morgan fingerprint density at radius 3 is 2.62 bits per heavy atom. The summed E-state index contributed by atoms with van der Waals surface area (Å²) in [5.74, 6) is -0.0264. The van der Waals surface area contributed by atoms with Crippen LogP contribution in [0.15, 0.2) is 24.5 Å². The number of cyclic esters (lactones) is 2. The first kappa shape index (κ1) is 14.6. The lowest BCUT2D eigenvalue weighted by Gasteiger charge is -2.46. The molecule has 2 fully saturated rings. The van der Waals surface area contributed by atoms with E-state index in [0.29, 0.717) is 5.92 Å². The third-order valence-electron chi connectivity index (χ3n) is 4.70. The molecule has 1 aliphatic heterocycles. The second-order valence-electron chi connectivity index (χ2n) is 7.28. The number of hydrogen-bond donors (Lipinski definition) is 0. The highest BCUT2D eigenvalue weighted by Crippen LogP contribution is 2.55. The van der Waals surface area contributed by atoms with E-state index in [1.807, 2.05) is 6.08 Å². The van der Waals surface area contributed by atoms with E-state index in [-0.39, 0.29) is 35.6 Å². The molecule has 4 rings (SSSR count). The topological polar surface area (TPSA) is 52.6 Å². The monoisotopic (exact) mass is 306 g/mol. The average molecular weight is 306 g/mol. The molecule has 3 aliphatic carbocycles. The van der Waals surface area contributed by atoms with E-state index in [1.54, 1.807) is 0 Å². The Hall–Kier alpha value is -1.36. The van der Waals surface area contributed by atoms with Crippen molar-refractivity contribution < 1.29 is 18.8 Å². The van der Waals surface area contributed by atoms with Crippen molar-refractivity contribution in [3.8, 4) is 0 Å². The first-order valence-electron chi connectivity index (χ1n) is 7.59. The molecule has 2 bridgehead atoms. The van der Waals surface area contributed by atoms with Gasteiger partial charge in [0.1, 0.15) is 0 Å². The van der Waals surface area contributed by atoms with Gasteiger partial charge in [-0.05, 0) is 50.4 Å². The summed E-state index contributed by atoms with van der Waals surface area (Å²) in [4.78, 5) is 24.1. The molecule has 21 heavy (non-hydrogen) atoms. The first-order chi connectivity index (χ1) is 9.81. The summed E-state index contributed by atoms with van der Waals surface area (Å²) in [5.41, 5.74) is 0. The van der Waals surface area contributed by atoms with Crippen molar-refractivity contribution in [2.24, 2.45) is 29.6 Å². The molecule has 0 amide bonds. The Morgan fingerprint density at radius 1 is 1.33 bits per heavy atom. The van der Waals surface area contributed by atoms with Crippen LogP contribution in [0.4, 0.5) is 0 Å². The van der Waals surface area contributed by atoms with E-state index in [0.717, 1.165) is 18.6 Å². The zero-order valence-corrected chi connectivity index (χ0v) is 13.8. The van der Waals surface area contributed by atoms with Crippen molar-refractivity contribution in [3.63, 3.8) is 0 Å². The van der Waals surface area contributed by atoms with Gasteiger partial charge in [-0.1, -0.05) is 6.08 Å². The lowest BCUT2D eigenvalue weighted by molar-refractivity contribution is -0.154. The SMILES string of the molecule is C=CC[C@@H]1C[C@@H]2C(O[Si](C)(C)C)=C[C@H]1[C@H]1C(=O)OC(=O)[C@H]12. The van der Waals surface area contributed by atoms with Crippen molar-refractivity contribution >= 4 is 20.3 Å². The van der Waals surface area contributed by atoms with Gasteiger partial charge in [0, 0.05) is 5.92 Å². The van der Waals surface area contributed by atoms with Gasteiger partial charge in [0.05, 0.1) is 17.6 Å². The van der Waals surface area contributed by atoms with Crippen LogP contribution >= 0.6 is 0 Å². The maximum absolute atomic E-state index is 12.0. The minimum Gasteiger partial charge on any atom is -0.547 e. The Balaban J connectivity index is 1.97. The molecule has 0 aromatic carbocycles. The fraction of sp³-hybridized carbons (Fsp3) is 0.625. The Morgan fingerprint density at radius 2 is 2.00 bits per heavy atom. The van der Waals surface area contributed by atoms with Gasteiger partial charge in [-0.15, -0.1) is 6.58 Å². The van der Waals surface area contributed by atoms with Gasteiger partial charge in [-0.25, -0.2) is 0 Å². The van der Waals surface area contributed by atoms with Crippen LogP contribution in [0.1, 0.15) is 12.8 Å². The molecule has 1 saturated heterocycles. The van der Waals surface area contributed by atoms with Crippen molar-refractivity contribution in [1.82, 2.24) is 0 Å². The number of hydrogen-bond acceptors (Lipinski definition) is 4. The summed E-state index contributed by atoms with van der Waals surface area (Å²) in [5, 5.41) is 0. The van der Waals surface area contributed by atoms with Gasteiger partial charge in [0.15, 0.2) is 0 Å². The molecule has 4 nitrogen and oxygen atoms in total. The van der Waals surface area contributed by atoms with Gasteiger partial charge in [-0.2, -0.15) is 0 Å². The molecule has 4 aliphatic rings. The van der Waals surface area contributed by atoms with Gasteiger partial charge in [0.25, 0.3) is 0 Å². The summed E-state index contributed by atoms with van der Waals surface area (Å²) in [6.07, 6.45) is 5.75. The smallest absolute Gasteiger partial charge is 0.318 e. The van der Waals surface area contributed by atoms with Gasteiger partial charge in [0.2, 0.25) is 8.32 Å². The van der Waals surface area contributed by atoms with Crippen LogP contribution in [0.5, 0.6) is 0 Å². The summed E-state index contributed by atoms with van der Waals surface area (Å²) in [6, 6.07) is 0. The number of esters is 2. The Bertz CT molecular complexity index is 531. The maximum atomic E-state index is 12.0. The highest BCUT2D eigenvalue weighted by atomic mass is 28.4. The fourth-order valence-electron chi connectivity index (χ4n) is 4.04. The number of ether oxygens (including phenoxy) is 1. The number of allylic oxidation sites excluding steroid dienone is 3. The number of fused-ring (bicyclic) bond motifs is 1. The first-order valence-corrected chi connectivity index (χ1v) is 11.0. The van der Waals surface area contributed by atoms with Crippen LogP contribution < -0.4 is 0 Å². The minimum atomic E-state index is -1.73. The second-order valence-corrected chi connectivity index (χ2v) is 11.7. The van der Waals surface area contributed by atoms with Gasteiger partial charge in [-0.3, -0.25) is 9.59 Å². The predicted molar refractivity (Wildman–Crippen MR) is 80.5 cm³/mol. The molecule has 0 radical (unpaired) electrons. The van der Waals surface area contributed by atoms with Crippen LogP contribution in [-0.2, 0) is 18.8 Å². The van der Waals surface area contributed by atoms with Crippen LogP contribution in [0.3, 0.4) is 0 Å². The van der Waals surface area contributed by atoms with Crippen molar-refractivity contribution in [2.45, 2.75) is 32.5 Å². The lowest BCUT2D eigenvalue weighted by Crippen LogP contribution is -2.47. The van der Waals surface area contributed by atoms with E-state index in [1.165, 1.54) is 0 Å². The fourth-order valence-corrected chi connectivity index (χ4v) is 4.97. The van der Waals surface area contributed by atoms with E-state index in [2.05, 4.69) is 32.3 Å². The predicted octanol–water partition coefficient (Wildman–Crippen LogP) is 2.88. The summed E-state index contributed by atoms with van der Waals surface area (Å²) >= 11 is 0. The van der Waals surface area contributed by atoms with Gasteiger partial charge >= 0.3 is 11.9 Å². The van der Waals surface area contributed by atoms with Crippen molar-refractivity contribution in [3.05, 3.63) is 24.5 Å². The van der Waals surface area contributed by atoms with E-state index in [4.69, 9.17) is 9.16 Å². The Kier molecular flexibility index (Phi) is 3.35. The zero-order valence-electron chi connectivity index (χ0n) is 12.8. The van der Waals surface area contributed by atoms with Crippen molar-refractivity contribution in [2.75, 3.05) is 0 Å². The van der Waals surface area contributed by atoms with Gasteiger partial charge < -0.3 is 9.16 Å². The van der Waals surface area contributed by atoms with E-state index < -0.39 is 8.32 Å². The average Bonchev–Trinajstić information content (AvgIpc) is 2.66. The molecule has 1 saturated carbocycles. The van der Waals surface area contributed by atoms with E-state index in [9.17, 15) is 9.59 Å². The summed E-state index contributed by atoms with van der Waals surface area (Å²) in [6.45, 7) is 10.2. The molecule has 5 atom stereocenters. The largest absolute Gasteiger partial charge is 0.547 e. The number of carbonyl (C=O) groups excluding carboxylic acids is 2. The van der Waals surface area contributed by atoms with Crippen LogP contribution in [0.25, 0.3) is 0 Å². The molecular formula is C16H22O4Si. The third kappa shape index (κ3) is 2.37. The molecule has 0 spiro atoms. The molecule has 1 heterocycles. The highest BCUT2D eigenvalue weighted by molar-refractivity contribution is 6.70. The maximum Gasteiger partial charge on any atom is 0.318 e. The lowest BCUT2D eigenvalue weighted by atomic mass is 9.57. The third-order valence-corrected chi connectivity index (χ3v) is 5.55. The molecule has 0 N–H and O–H groups in total. The normalized spacial score (nSPS) is 37.9. The minimum absolute atomic E-state index is 0.00405. The quantitative estimate of drug-likeness (QED) is 0.347. The number of carbonyl (C=O) groups is 2. The Labute approximate surface area is 126 Å². The highest BCUT2D eigenvalue weighted by Gasteiger charge is 2.60. The van der Waals surface area contributed by atoms with Crippen molar-refractivity contribution in [1.29, 1.82) is 0 Å². The second kappa shape index (κ2) is 4.83. The number of rotatable bonds is 4. The summed E-state index contributed by atoms with van der Waals surface area (Å²) in [7, 11) is -1.73. The molecule has 114 valence electrons. The zero-order chi connectivity index (χ0) is 15.4. The van der Waals surface area contributed by atoms with Crippen LogP contribution in [-0.4, -0.2) is 20.3 Å². The molecule has 0 unspecified atom stereocenters. The molecule has 0 aromatic rings. The molecular weight excluding hydrogens is 284 g/mol. The molecule has 5 heteroatoms. The van der Waals surface area contributed by atoms with Crippen LogP contribution in [0, 0.1) is 29.6 Å². The van der Waals surface area contributed by atoms with Crippen LogP contribution in [0.2, 0.25) is 19.6 Å². The van der Waals surface area contributed by atoms with E-state index >= 15 is 0 Å².